The Balaban J connectivity index is 1.85. The van der Waals surface area contributed by atoms with E-state index in [1.165, 1.54) is 5.56 Å². The van der Waals surface area contributed by atoms with E-state index in [2.05, 4.69) is 37.2 Å². The van der Waals surface area contributed by atoms with Crippen molar-refractivity contribution in [3.63, 3.8) is 0 Å². The molecule has 0 radical (unpaired) electrons. The van der Waals surface area contributed by atoms with Gasteiger partial charge in [0.15, 0.2) is 4.67 Å². The van der Waals surface area contributed by atoms with Crippen LogP contribution in [-0.2, 0) is 13.1 Å². The van der Waals surface area contributed by atoms with Gasteiger partial charge < -0.3 is 9.73 Å². The van der Waals surface area contributed by atoms with Crippen LogP contribution in [0.25, 0.3) is 0 Å². The predicted molar refractivity (Wildman–Crippen MR) is 76.1 cm³/mol. The van der Waals surface area contributed by atoms with Crippen molar-refractivity contribution in [2.45, 2.75) is 13.1 Å². The molecule has 0 bridgehead atoms. The molecular weight excluding hydrogens is 369 g/mol. The van der Waals surface area contributed by atoms with E-state index in [4.69, 9.17) is 16.0 Å². The molecule has 0 saturated carbocycles. The molecule has 17 heavy (non-hydrogen) atoms. The van der Waals surface area contributed by atoms with Crippen molar-refractivity contribution in [1.82, 2.24) is 5.32 Å². The SMILES string of the molecule is Clc1ccc(CNCc2cc(Br)c(Br)o2)cc1. The van der Waals surface area contributed by atoms with E-state index in [1.807, 2.05) is 30.3 Å². The molecule has 1 aromatic carbocycles. The van der Waals surface area contributed by atoms with E-state index in [-0.39, 0.29) is 0 Å². The molecule has 2 aromatic rings. The number of hydrogen-bond acceptors (Lipinski definition) is 2. The van der Waals surface area contributed by atoms with E-state index in [0.29, 0.717) is 6.54 Å². The van der Waals surface area contributed by atoms with Crippen molar-refractivity contribution in [3.05, 3.63) is 55.8 Å². The first-order chi connectivity index (χ1) is 8.15. The monoisotopic (exact) mass is 377 g/mol. The average Bonchev–Trinajstić information content (AvgIpc) is 2.61. The summed E-state index contributed by atoms with van der Waals surface area (Å²) in [5.74, 6) is 0.887. The van der Waals surface area contributed by atoms with Crippen LogP contribution in [0.15, 0.2) is 43.9 Å². The van der Waals surface area contributed by atoms with Crippen LogP contribution in [0, 0.1) is 0 Å². The summed E-state index contributed by atoms with van der Waals surface area (Å²) in [4.78, 5) is 0. The van der Waals surface area contributed by atoms with Crippen LogP contribution in [0.4, 0.5) is 0 Å². The zero-order valence-corrected chi connectivity index (χ0v) is 12.8. The molecule has 5 heteroatoms. The van der Waals surface area contributed by atoms with Gasteiger partial charge in [0.1, 0.15) is 5.76 Å². The van der Waals surface area contributed by atoms with Gasteiger partial charge in [-0.2, -0.15) is 0 Å². The van der Waals surface area contributed by atoms with Gasteiger partial charge in [-0.25, -0.2) is 0 Å². The maximum atomic E-state index is 5.82. The first-order valence-electron chi connectivity index (χ1n) is 5.04. The summed E-state index contributed by atoms with van der Waals surface area (Å²) in [6.07, 6.45) is 0. The molecule has 0 atom stereocenters. The molecular formula is C12H10Br2ClNO. The second-order valence-electron chi connectivity index (χ2n) is 3.56. The van der Waals surface area contributed by atoms with E-state index in [9.17, 15) is 0 Å². The lowest BCUT2D eigenvalue weighted by Crippen LogP contribution is -2.11. The minimum Gasteiger partial charge on any atom is -0.452 e. The Labute approximate surface area is 122 Å². The largest absolute Gasteiger partial charge is 0.452 e. The molecule has 0 spiro atoms. The van der Waals surface area contributed by atoms with E-state index in [1.54, 1.807) is 0 Å². The minimum atomic E-state index is 0.687. The minimum absolute atomic E-state index is 0.687. The van der Waals surface area contributed by atoms with Crippen LogP contribution in [0.5, 0.6) is 0 Å². The van der Waals surface area contributed by atoms with Crippen molar-refractivity contribution in [2.75, 3.05) is 0 Å². The van der Waals surface area contributed by atoms with E-state index < -0.39 is 0 Å². The standard InChI is InChI=1S/C12H10Br2ClNO/c13-11-5-10(17-12(11)14)7-16-6-8-1-3-9(15)4-2-8/h1-5,16H,6-7H2. The number of furan rings is 1. The van der Waals surface area contributed by atoms with Gasteiger partial charge in [0.05, 0.1) is 11.0 Å². The number of halogens is 3. The van der Waals surface area contributed by atoms with Crippen molar-refractivity contribution in [2.24, 2.45) is 0 Å². The third kappa shape index (κ3) is 3.85. The van der Waals surface area contributed by atoms with Gasteiger partial charge in [0.2, 0.25) is 0 Å². The molecule has 90 valence electrons. The summed E-state index contributed by atoms with van der Waals surface area (Å²) in [6.45, 7) is 1.47. The Kier molecular flexibility index (Phi) is 4.68. The molecule has 1 heterocycles. The highest BCUT2D eigenvalue weighted by molar-refractivity contribution is 9.13. The predicted octanol–water partition coefficient (Wildman–Crippen LogP) is 4.75. The molecule has 0 fully saturated rings. The Bertz CT molecular complexity index is 476. The Morgan fingerprint density at radius 3 is 2.41 bits per heavy atom. The van der Waals surface area contributed by atoms with Crippen LogP contribution in [-0.4, -0.2) is 0 Å². The fraction of sp³-hybridized carbons (Fsp3) is 0.167. The number of benzene rings is 1. The highest BCUT2D eigenvalue weighted by Crippen LogP contribution is 2.26. The highest BCUT2D eigenvalue weighted by Gasteiger charge is 2.05. The van der Waals surface area contributed by atoms with E-state index in [0.717, 1.165) is 26.5 Å². The molecule has 2 rings (SSSR count). The van der Waals surface area contributed by atoms with Crippen molar-refractivity contribution < 1.29 is 4.42 Å². The molecule has 0 aliphatic rings. The fourth-order valence-electron chi connectivity index (χ4n) is 1.41. The van der Waals surface area contributed by atoms with Crippen LogP contribution in [0.1, 0.15) is 11.3 Å². The summed E-state index contributed by atoms with van der Waals surface area (Å²) in [7, 11) is 0. The number of hydrogen-bond donors (Lipinski definition) is 1. The van der Waals surface area contributed by atoms with Crippen LogP contribution in [0.3, 0.4) is 0 Å². The molecule has 1 N–H and O–H groups in total. The molecule has 0 aliphatic heterocycles. The van der Waals surface area contributed by atoms with Gasteiger partial charge in [-0.05, 0) is 55.6 Å². The third-order valence-corrected chi connectivity index (χ3v) is 4.20. The van der Waals surface area contributed by atoms with Gasteiger partial charge in [0, 0.05) is 11.6 Å². The summed E-state index contributed by atoms with van der Waals surface area (Å²) in [5.41, 5.74) is 1.19. The van der Waals surface area contributed by atoms with Gasteiger partial charge in [-0.1, -0.05) is 23.7 Å². The second kappa shape index (κ2) is 6.05. The molecule has 0 saturated heterocycles. The third-order valence-electron chi connectivity index (χ3n) is 2.24. The number of rotatable bonds is 4. The van der Waals surface area contributed by atoms with Gasteiger partial charge in [-0.15, -0.1) is 0 Å². The smallest absolute Gasteiger partial charge is 0.183 e. The van der Waals surface area contributed by atoms with E-state index >= 15 is 0 Å². The molecule has 2 nitrogen and oxygen atoms in total. The lowest BCUT2D eigenvalue weighted by Gasteiger charge is -2.02. The Morgan fingerprint density at radius 1 is 1.12 bits per heavy atom. The summed E-state index contributed by atoms with van der Waals surface area (Å²) >= 11 is 12.5. The average molecular weight is 379 g/mol. The molecule has 0 unspecified atom stereocenters. The lowest BCUT2D eigenvalue weighted by atomic mass is 10.2. The fourth-order valence-corrected chi connectivity index (χ4v) is 2.20. The highest BCUT2D eigenvalue weighted by atomic mass is 79.9. The first kappa shape index (κ1) is 13.1. The number of nitrogens with one attached hydrogen (secondary N) is 1. The van der Waals surface area contributed by atoms with Crippen molar-refractivity contribution in [1.29, 1.82) is 0 Å². The Hall–Kier alpha value is -0.290. The zero-order chi connectivity index (χ0) is 12.3. The van der Waals surface area contributed by atoms with Crippen molar-refractivity contribution in [3.8, 4) is 0 Å². The normalized spacial score (nSPS) is 10.8. The van der Waals surface area contributed by atoms with Gasteiger partial charge in [0.25, 0.3) is 0 Å². The van der Waals surface area contributed by atoms with Crippen molar-refractivity contribution >= 4 is 43.5 Å². The lowest BCUT2D eigenvalue weighted by molar-refractivity contribution is 0.464. The molecule has 0 amide bonds. The van der Waals surface area contributed by atoms with Crippen LogP contribution in [0.2, 0.25) is 5.02 Å². The summed E-state index contributed by atoms with van der Waals surface area (Å²) in [5, 5.41) is 4.06. The molecule has 1 aromatic heterocycles. The van der Waals surface area contributed by atoms with Crippen LogP contribution >= 0.6 is 43.5 Å². The topological polar surface area (TPSA) is 25.2 Å². The Morgan fingerprint density at radius 2 is 1.82 bits per heavy atom. The summed E-state index contributed by atoms with van der Waals surface area (Å²) in [6, 6.07) is 9.73. The molecule has 0 aliphatic carbocycles. The maximum absolute atomic E-state index is 5.82. The zero-order valence-electron chi connectivity index (χ0n) is 8.84. The van der Waals surface area contributed by atoms with Gasteiger partial charge >= 0.3 is 0 Å². The van der Waals surface area contributed by atoms with Gasteiger partial charge in [-0.3, -0.25) is 0 Å². The quantitative estimate of drug-likeness (QED) is 0.829. The second-order valence-corrected chi connectivity index (χ2v) is 5.58. The summed E-state index contributed by atoms with van der Waals surface area (Å²) < 4.78 is 7.11. The first-order valence-corrected chi connectivity index (χ1v) is 7.00. The van der Waals surface area contributed by atoms with Crippen LogP contribution < -0.4 is 5.32 Å². The maximum Gasteiger partial charge on any atom is 0.183 e.